The van der Waals surface area contributed by atoms with E-state index in [2.05, 4.69) is 24.8 Å². The van der Waals surface area contributed by atoms with E-state index in [1.165, 1.54) is 11.3 Å². The van der Waals surface area contributed by atoms with Gasteiger partial charge in [-0.1, -0.05) is 0 Å². The molecule has 5 heteroatoms. The number of fused-ring (bicyclic) bond motifs is 2. The maximum absolute atomic E-state index is 14.4. The highest BCUT2D eigenvalue weighted by Crippen LogP contribution is 2.53. The summed E-state index contributed by atoms with van der Waals surface area (Å²) in [5.74, 6) is 0. The van der Waals surface area contributed by atoms with Crippen LogP contribution in [0.5, 0.6) is 0 Å². The first kappa shape index (κ1) is 11.9. The minimum Gasteiger partial charge on any atom is -0.389 e. The number of thiophene rings is 1. The SMILES string of the molecule is CC(C)N1CC2(C1)c1c(sc(N)c1C#N)CC2F. The summed E-state index contributed by atoms with van der Waals surface area (Å²) in [6, 6.07) is 2.59. The normalized spacial score (nSPS) is 25.2. The van der Waals surface area contributed by atoms with Crippen LogP contribution in [-0.4, -0.2) is 30.2 Å². The molecule has 1 aromatic heterocycles. The first-order chi connectivity index (χ1) is 8.49. The van der Waals surface area contributed by atoms with Crippen LogP contribution in [0.15, 0.2) is 0 Å². The Kier molecular flexibility index (Phi) is 2.45. The molecule has 1 fully saturated rings. The fraction of sp³-hybridized carbons (Fsp3) is 0.615. The Labute approximate surface area is 110 Å². The standard InChI is InChI=1S/C13H16FN3S/c1-7(2)17-5-13(6-17)10(14)3-9-11(13)8(4-15)12(16)18-9/h7,10H,3,5-6,16H2,1-2H3. The molecule has 0 saturated carbocycles. The molecular formula is C13H16FN3S. The highest BCUT2D eigenvalue weighted by molar-refractivity contribution is 7.16. The minimum atomic E-state index is -0.860. The summed E-state index contributed by atoms with van der Waals surface area (Å²) in [7, 11) is 0. The Bertz CT molecular complexity index is 537. The molecule has 1 saturated heterocycles. The van der Waals surface area contributed by atoms with Gasteiger partial charge in [0.2, 0.25) is 0 Å². The summed E-state index contributed by atoms with van der Waals surface area (Å²) in [5, 5.41) is 9.78. The fourth-order valence-corrected chi connectivity index (χ4v) is 4.35. The number of hydrogen-bond acceptors (Lipinski definition) is 4. The van der Waals surface area contributed by atoms with Crippen molar-refractivity contribution in [3.8, 4) is 6.07 Å². The lowest BCUT2D eigenvalue weighted by atomic mass is 9.72. The maximum atomic E-state index is 14.4. The van der Waals surface area contributed by atoms with Gasteiger partial charge in [0.25, 0.3) is 0 Å². The van der Waals surface area contributed by atoms with Crippen LogP contribution >= 0.6 is 11.3 Å². The van der Waals surface area contributed by atoms with Crippen molar-refractivity contribution >= 4 is 16.3 Å². The number of nitrogens with two attached hydrogens (primary N) is 1. The third-order valence-corrected chi connectivity index (χ3v) is 5.32. The third kappa shape index (κ3) is 1.30. The van der Waals surface area contributed by atoms with Gasteiger partial charge in [0, 0.05) is 30.4 Å². The maximum Gasteiger partial charge on any atom is 0.117 e. The van der Waals surface area contributed by atoms with Gasteiger partial charge in [-0.25, -0.2) is 4.39 Å². The van der Waals surface area contributed by atoms with Crippen molar-refractivity contribution in [3.05, 3.63) is 16.0 Å². The smallest absolute Gasteiger partial charge is 0.117 e. The topological polar surface area (TPSA) is 53.0 Å². The van der Waals surface area contributed by atoms with Crippen molar-refractivity contribution in [2.75, 3.05) is 18.8 Å². The molecule has 1 aromatic rings. The van der Waals surface area contributed by atoms with Crippen LogP contribution in [0.2, 0.25) is 0 Å². The molecule has 3 nitrogen and oxygen atoms in total. The van der Waals surface area contributed by atoms with Gasteiger partial charge in [0.05, 0.1) is 11.0 Å². The third-order valence-electron chi connectivity index (χ3n) is 4.28. The Morgan fingerprint density at radius 2 is 2.22 bits per heavy atom. The molecule has 1 unspecified atom stereocenters. The number of nitrogen functional groups attached to an aromatic ring is 1. The van der Waals surface area contributed by atoms with Crippen LogP contribution in [-0.2, 0) is 11.8 Å². The monoisotopic (exact) mass is 265 g/mol. The number of halogens is 1. The number of alkyl halides is 1. The highest BCUT2D eigenvalue weighted by atomic mass is 32.1. The molecule has 0 bridgehead atoms. The van der Waals surface area contributed by atoms with Gasteiger partial charge in [-0.2, -0.15) is 5.26 Å². The van der Waals surface area contributed by atoms with Crippen LogP contribution in [0.3, 0.4) is 0 Å². The number of nitriles is 1. The molecular weight excluding hydrogens is 249 g/mol. The molecule has 1 atom stereocenters. The molecule has 1 aliphatic carbocycles. The van der Waals surface area contributed by atoms with Crippen molar-refractivity contribution in [2.24, 2.45) is 0 Å². The van der Waals surface area contributed by atoms with Crippen LogP contribution in [0.4, 0.5) is 9.39 Å². The van der Waals surface area contributed by atoms with Crippen molar-refractivity contribution in [1.29, 1.82) is 5.26 Å². The van der Waals surface area contributed by atoms with Crippen LogP contribution < -0.4 is 5.73 Å². The molecule has 0 amide bonds. The van der Waals surface area contributed by atoms with E-state index in [9.17, 15) is 9.65 Å². The van der Waals surface area contributed by atoms with Crippen molar-refractivity contribution in [2.45, 2.75) is 37.9 Å². The Morgan fingerprint density at radius 3 is 2.78 bits per heavy atom. The number of nitrogens with zero attached hydrogens (tertiary/aromatic N) is 2. The molecule has 2 aliphatic rings. The van der Waals surface area contributed by atoms with E-state index < -0.39 is 11.6 Å². The van der Waals surface area contributed by atoms with Gasteiger partial charge in [-0.3, -0.25) is 4.90 Å². The van der Waals surface area contributed by atoms with Gasteiger partial charge < -0.3 is 5.73 Å². The van der Waals surface area contributed by atoms with Crippen molar-refractivity contribution in [3.63, 3.8) is 0 Å². The molecule has 3 rings (SSSR count). The van der Waals surface area contributed by atoms with Gasteiger partial charge in [-0.05, 0) is 19.4 Å². The largest absolute Gasteiger partial charge is 0.389 e. The molecule has 1 spiro atoms. The molecule has 18 heavy (non-hydrogen) atoms. The minimum absolute atomic E-state index is 0.424. The average molecular weight is 265 g/mol. The number of rotatable bonds is 1. The van der Waals surface area contributed by atoms with E-state index in [1.54, 1.807) is 0 Å². The zero-order chi connectivity index (χ0) is 13.1. The van der Waals surface area contributed by atoms with Crippen LogP contribution in [0, 0.1) is 11.3 Å². The van der Waals surface area contributed by atoms with E-state index in [0.29, 0.717) is 36.1 Å². The second-order valence-corrected chi connectivity index (χ2v) is 6.71. The quantitative estimate of drug-likeness (QED) is 0.845. The van der Waals surface area contributed by atoms with Gasteiger partial charge in [0.15, 0.2) is 0 Å². The first-order valence-electron chi connectivity index (χ1n) is 6.19. The Balaban J connectivity index is 2.03. The van der Waals surface area contributed by atoms with Gasteiger partial charge in [0.1, 0.15) is 17.2 Å². The van der Waals surface area contributed by atoms with Gasteiger partial charge in [-0.15, -0.1) is 11.3 Å². The second kappa shape index (κ2) is 3.69. The molecule has 0 aromatic carbocycles. The average Bonchev–Trinajstić information content (AvgIpc) is 2.66. The lowest BCUT2D eigenvalue weighted by Gasteiger charge is -2.51. The molecule has 1 aliphatic heterocycles. The lowest BCUT2D eigenvalue weighted by molar-refractivity contribution is -0.00669. The summed E-state index contributed by atoms with van der Waals surface area (Å²) in [5.41, 5.74) is 6.84. The molecule has 2 heterocycles. The predicted octanol–water partition coefficient (Wildman–Crippen LogP) is 2.06. The summed E-state index contributed by atoms with van der Waals surface area (Å²) >= 11 is 1.39. The fourth-order valence-electron chi connectivity index (χ4n) is 3.19. The summed E-state index contributed by atoms with van der Waals surface area (Å²) in [6.07, 6.45) is -0.431. The number of anilines is 1. The summed E-state index contributed by atoms with van der Waals surface area (Å²) in [4.78, 5) is 3.23. The van der Waals surface area contributed by atoms with E-state index in [4.69, 9.17) is 5.73 Å². The van der Waals surface area contributed by atoms with Gasteiger partial charge >= 0.3 is 0 Å². The molecule has 96 valence electrons. The summed E-state index contributed by atoms with van der Waals surface area (Å²) in [6.45, 7) is 5.65. The molecule has 2 N–H and O–H groups in total. The van der Waals surface area contributed by atoms with E-state index in [-0.39, 0.29) is 0 Å². The predicted molar refractivity (Wildman–Crippen MR) is 70.4 cm³/mol. The lowest BCUT2D eigenvalue weighted by Crippen LogP contribution is -2.64. The second-order valence-electron chi connectivity index (χ2n) is 5.58. The molecule has 0 radical (unpaired) electrons. The zero-order valence-corrected chi connectivity index (χ0v) is 11.4. The number of likely N-dealkylation sites (tertiary alicyclic amines) is 1. The number of hydrogen-bond donors (Lipinski definition) is 1. The Hall–Kier alpha value is -1.12. The van der Waals surface area contributed by atoms with Crippen molar-refractivity contribution < 1.29 is 4.39 Å². The first-order valence-corrected chi connectivity index (χ1v) is 7.01. The van der Waals surface area contributed by atoms with Crippen molar-refractivity contribution in [1.82, 2.24) is 4.90 Å². The van der Waals surface area contributed by atoms with Crippen LogP contribution in [0.25, 0.3) is 0 Å². The van der Waals surface area contributed by atoms with E-state index >= 15 is 0 Å². The van der Waals surface area contributed by atoms with E-state index in [1.807, 2.05) is 0 Å². The van der Waals surface area contributed by atoms with Crippen LogP contribution in [0.1, 0.15) is 29.9 Å². The Morgan fingerprint density at radius 1 is 1.56 bits per heavy atom. The summed E-state index contributed by atoms with van der Waals surface area (Å²) < 4.78 is 14.4. The van der Waals surface area contributed by atoms with E-state index in [0.717, 1.165) is 10.4 Å². The zero-order valence-electron chi connectivity index (χ0n) is 10.5. The highest BCUT2D eigenvalue weighted by Gasteiger charge is 2.57.